The molecule has 0 radical (unpaired) electrons. The number of hydrogen-bond donors (Lipinski definition) is 2. The molecule has 12 rings (SSSR count). The second-order valence-corrected chi connectivity index (χ2v) is 24.4. The lowest BCUT2D eigenvalue weighted by Crippen LogP contribution is -2.70. The largest absolute Gasteiger partial charge is 0.464 e. The van der Waals surface area contributed by atoms with Gasteiger partial charge in [-0.05, 0) is 82.6 Å². The van der Waals surface area contributed by atoms with E-state index in [0.29, 0.717) is 84.9 Å². The number of thiazole rings is 1. The summed E-state index contributed by atoms with van der Waals surface area (Å²) in [6, 6.07) is 7.30. The number of carbonyl (C=O) groups excluding carboxylic acids is 3. The van der Waals surface area contributed by atoms with Crippen molar-refractivity contribution in [2.24, 2.45) is 10.8 Å². The molecule has 18 nitrogen and oxygen atoms in total. The highest BCUT2D eigenvalue weighted by atomic mass is 32.1. The summed E-state index contributed by atoms with van der Waals surface area (Å²) >= 11 is 1.50. The number of anilines is 1. The van der Waals surface area contributed by atoms with E-state index >= 15 is 4.79 Å². The third-order valence-electron chi connectivity index (χ3n) is 17.1. The van der Waals surface area contributed by atoms with Gasteiger partial charge in [0.2, 0.25) is 5.91 Å². The van der Waals surface area contributed by atoms with E-state index in [1.54, 1.807) is 7.11 Å². The molecule has 75 heavy (non-hydrogen) atoms. The number of hydrogen-bond acceptors (Lipinski definition) is 16. The van der Waals surface area contributed by atoms with E-state index in [2.05, 4.69) is 80.4 Å². The smallest absolute Gasteiger partial charge is 0.324 e. The Morgan fingerprint density at radius 2 is 1.77 bits per heavy atom. The minimum atomic E-state index is -1.03. The fraction of sp³-hybridized carbons (Fsp3) is 0.661. The number of esters is 1. The fourth-order valence-corrected chi connectivity index (χ4v) is 13.6. The van der Waals surface area contributed by atoms with Crippen LogP contribution in [0.25, 0.3) is 33.4 Å². The molecule has 8 aliphatic rings. The van der Waals surface area contributed by atoms with Crippen LogP contribution in [0.15, 0.2) is 35.8 Å². The number of cyclic esters (lactones) is 1. The number of likely N-dealkylation sites (tertiary alicyclic amines) is 1. The SMILES string of the molecule is CO[C@@H](C)c1ncc(N2CCN(C3CC3)CC2)cc1-c1c2c3cc(ccc3n1CCOC1CCOCC1)-c1csc(n1)[C@@H](N1CC3(COC3)C1)[C@H](NC(=O)[C@@H]1C[C@@H](C)O1)C(=O)N1CCC[C@H](N1)C(=O)OCC(C)(C)C2. The molecular weight excluding hydrogens is 975 g/mol. The molecule has 6 atom stereocenters. The number of ether oxygens (including phenoxy) is 6. The Bertz CT molecular complexity index is 2750. The van der Waals surface area contributed by atoms with Crippen LogP contribution in [0.3, 0.4) is 0 Å². The Morgan fingerprint density at radius 3 is 2.49 bits per heavy atom. The first kappa shape index (κ1) is 51.2. The molecule has 1 spiro atoms. The van der Waals surface area contributed by atoms with E-state index in [9.17, 15) is 9.59 Å². The number of fused-ring (bicyclic) bond motifs is 6. The average molecular weight is 1050 g/mol. The van der Waals surface area contributed by atoms with Crippen LogP contribution in [0.4, 0.5) is 5.69 Å². The first-order valence-corrected chi connectivity index (χ1v) is 28.5. The molecular formula is C56H75N9O9S. The summed E-state index contributed by atoms with van der Waals surface area (Å²) in [5, 5.41) is 8.57. The maximum absolute atomic E-state index is 15.1. The lowest BCUT2D eigenvalue weighted by molar-refractivity contribution is -0.203. The van der Waals surface area contributed by atoms with E-state index in [1.807, 2.05) is 13.1 Å². The average Bonchev–Trinajstić information content (AvgIpc) is 4.06. The number of aromatic nitrogens is 3. The number of amides is 2. The van der Waals surface area contributed by atoms with Gasteiger partial charge in [-0.1, -0.05) is 19.9 Å². The van der Waals surface area contributed by atoms with Crippen molar-refractivity contribution in [3.63, 3.8) is 0 Å². The van der Waals surface area contributed by atoms with E-state index in [0.717, 1.165) is 100 Å². The van der Waals surface area contributed by atoms with Crippen molar-refractivity contribution in [2.45, 2.75) is 134 Å². The van der Waals surface area contributed by atoms with Gasteiger partial charge in [0, 0.05) is 123 Å². The van der Waals surface area contributed by atoms with Gasteiger partial charge in [0.25, 0.3) is 5.91 Å². The minimum Gasteiger partial charge on any atom is -0.464 e. The van der Waals surface area contributed by atoms with Crippen molar-refractivity contribution in [3.05, 3.63) is 52.1 Å². The van der Waals surface area contributed by atoms with Crippen molar-refractivity contribution in [1.29, 1.82) is 0 Å². The van der Waals surface area contributed by atoms with Crippen LogP contribution < -0.4 is 15.6 Å². The second kappa shape index (κ2) is 21.0. The van der Waals surface area contributed by atoms with E-state index < -0.39 is 35.6 Å². The van der Waals surface area contributed by atoms with Gasteiger partial charge >= 0.3 is 5.97 Å². The molecule has 3 aromatic heterocycles. The Kier molecular flexibility index (Phi) is 14.3. The van der Waals surface area contributed by atoms with Crippen molar-refractivity contribution >= 4 is 45.7 Å². The van der Waals surface area contributed by atoms with Gasteiger partial charge in [-0.2, -0.15) is 0 Å². The van der Waals surface area contributed by atoms with Crippen LogP contribution in [0.2, 0.25) is 0 Å². The number of piperazine rings is 1. The summed E-state index contributed by atoms with van der Waals surface area (Å²) in [5.41, 5.74) is 10.6. The summed E-state index contributed by atoms with van der Waals surface area (Å²) < 4.78 is 38.8. The normalized spacial score (nSPS) is 28.0. The Labute approximate surface area is 444 Å². The molecule has 1 aromatic carbocycles. The number of benzene rings is 1. The van der Waals surface area contributed by atoms with Crippen molar-refractivity contribution in [1.82, 2.24) is 40.1 Å². The third-order valence-corrected chi connectivity index (χ3v) is 18.0. The Balaban J connectivity index is 0.999. The predicted molar refractivity (Wildman–Crippen MR) is 283 cm³/mol. The summed E-state index contributed by atoms with van der Waals surface area (Å²) in [6.45, 7) is 17.9. The highest BCUT2D eigenvalue weighted by Gasteiger charge is 2.55. The Morgan fingerprint density at radius 1 is 0.987 bits per heavy atom. The molecule has 404 valence electrons. The number of methoxy groups -OCH3 is 1. The monoisotopic (exact) mass is 1050 g/mol. The molecule has 6 bridgehead atoms. The summed E-state index contributed by atoms with van der Waals surface area (Å²) in [7, 11) is 1.74. The van der Waals surface area contributed by atoms with Crippen molar-refractivity contribution in [3.8, 4) is 22.5 Å². The maximum Gasteiger partial charge on any atom is 0.324 e. The zero-order chi connectivity index (χ0) is 51.6. The zero-order valence-corrected chi connectivity index (χ0v) is 45.2. The molecule has 7 fully saturated rings. The molecule has 2 N–H and O–H groups in total. The second-order valence-electron chi connectivity index (χ2n) is 23.5. The van der Waals surface area contributed by atoms with Crippen LogP contribution >= 0.6 is 11.3 Å². The summed E-state index contributed by atoms with van der Waals surface area (Å²) in [4.78, 5) is 61.6. The number of pyridine rings is 1. The van der Waals surface area contributed by atoms with Gasteiger partial charge in [-0.15, -0.1) is 11.3 Å². The molecule has 7 aliphatic heterocycles. The van der Waals surface area contributed by atoms with Crippen LogP contribution in [0, 0.1) is 10.8 Å². The van der Waals surface area contributed by atoms with E-state index in [-0.39, 0.29) is 42.1 Å². The lowest BCUT2D eigenvalue weighted by atomic mass is 9.76. The molecule has 10 heterocycles. The van der Waals surface area contributed by atoms with Gasteiger partial charge < -0.3 is 43.2 Å². The van der Waals surface area contributed by atoms with Gasteiger partial charge in [0.05, 0.1) is 79.7 Å². The highest BCUT2D eigenvalue weighted by molar-refractivity contribution is 7.10. The van der Waals surface area contributed by atoms with Gasteiger partial charge in [-0.3, -0.25) is 34.2 Å². The molecule has 1 saturated carbocycles. The molecule has 1 aliphatic carbocycles. The first-order chi connectivity index (χ1) is 36.3. The molecule has 6 saturated heterocycles. The molecule has 2 amide bonds. The molecule has 19 heteroatoms. The van der Waals surface area contributed by atoms with Gasteiger partial charge in [0.1, 0.15) is 23.2 Å². The van der Waals surface area contributed by atoms with Crippen molar-refractivity contribution in [2.75, 3.05) is 97.5 Å². The molecule has 0 unspecified atom stereocenters. The number of carbonyl (C=O) groups is 3. The first-order valence-electron chi connectivity index (χ1n) is 27.7. The standard InChI is InChI=1S/C56H75N9O9S/c1-34-23-46(74-34)51(66)59-48-50(63-29-56(30-63)32-71-33-56)52-58-44(28-75-52)36-8-11-45-40(24-36)42(26-55(3,4)31-73-54(68)43-7-6-14-65(60-43)53(48)67)49(64(45)19-22-72-39-12-20-70-21-13-39)41-25-38(27-57-47(41)35(2)69-5)62-17-15-61(16-18-62)37-9-10-37/h8,11,24-25,27-28,34-35,37,39,43,46,48,50,60H,6-7,9-10,12-23,26,29-33H2,1-5H3,(H,59,66)/t34-,35+,43+,46+,48+,50+/m1/s1. The summed E-state index contributed by atoms with van der Waals surface area (Å²) in [5.74, 6) is -1.08. The maximum atomic E-state index is 15.1. The number of rotatable bonds is 12. The minimum absolute atomic E-state index is 0.00532. The van der Waals surface area contributed by atoms with E-state index in [4.69, 9.17) is 38.4 Å². The van der Waals surface area contributed by atoms with Crippen LogP contribution in [0.1, 0.15) is 101 Å². The van der Waals surface area contributed by atoms with E-state index in [1.165, 1.54) is 29.2 Å². The third kappa shape index (κ3) is 10.4. The van der Waals surface area contributed by atoms with Crippen LogP contribution in [0.5, 0.6) is 0 Å². The fourth-order valence-electron chi connectivity index (χ4n) is 12.6. The predicted octanol–water partition coefficient (Wildman–Crippen LogP) is 5.67. The number of nitrogens with zero attached hydrogens (tertiary/aromatic N) is 7. The molecule has 4 aromatic rings. The number of hydrazine groups is 1. The zero-order valence-electron chi connectivity index (χ0n) is 44.4. The summed E-state index contributed by atoms with van der Waals surface area (Å²) in [6.07, 6.45) is 7.67. The Hall–Kier alpha value is -4.57. The highest BCUT2D eigenvalue weighted by Crippen LogP contribution is 2.47. The topological polar surface area (TPSA) is 174 Å². The van der Waals surface area contributed by atoms with Crippen LogP contribution in [-0.4, -0.2) is 176 Å². The van der Waals surface area contributed by atoms with Crippen molar-refractivity contribution < 1.29 is 42.8 Å². The van der Waals surface area contributed by atoms with Gasteiger partial charge in [0.15, 0.2) is 0 Å². The quantitative estimate of drug-likeness (QED) is 0.166. The van der Waals surface area contributed by atoms with Gasteiger partial charge in [-0.25, -0.2) is 10.4 Å². The lowest BCUT2D eigenvalue weighted by Gasteiger charge is -2.58. The van der Waals surface area contributed by atoms with Crippen LogP contribution in [-0.2, 0) is 55.8 Å². The number of nitrogens with one attached hydrogen (secondary N) is 2.